The molecule has 1 aliphatic rings. The summed E-state index contributed by atoms with van der Waals surface area (Å²) in [6.07, 6.45) is 1.86. The molecule has 1 saturated carbocycles. The predicted octanol–water partition coefficient (Wildman–Crippen LogP) is 1.81. The smallest absolute Gasteiger partial charge is 0.408 e. The van der Waals surface area contributed by atoms with Crippen molar-refractivity contribution in [3.8, 4) is 0 Å². The maximum absolute atomic E-state index is 12.7. The number of anilines is 1. The highest BCUT2D eigenvalue weighted by molar-refractivity contribution is 7.92. The number of fused-ring (bicyclic) bond motifs is 1. The zero-order chi connectivity index (χ0) is 18.3. The van der Waals surface area contributed by atoms with Gasteiger partial charge in [-0.25, -0.2) is 13.2 Å². The number of oxazole rings is 1. The van der Waals surface area contributed by atoms with E-state index >= 15 is 0 Å². The van der Waals surface area contributed by atoms with Crippen molar-refractivity contribution in [1.29, 1.82) is 0 Å². The Bertz CT molecular complexity index is 1160. The second kappa shape index (κ2) is 6.03. The minimum absolute atomic E-state index is 0.0786. The Kier molecular flexibility index (Phi) is 3.80. The summed E-state index contributed by atoms with van der Waals surface area (Å²) < 4.78 is 32.7. The fraction of sp³-hybridized carbons (Fsp3) is 0.176. The lowest BCUT2D eigenvalue weighted by Crippen LogP contribution is -2.27. The lowest BCUT2D eigenvalue weighted by Gasteiger charge is -2.12. The number of benzene rings is 2. The minimum Gasteiger partial charge on any atom is -0.408 e. The summed E-state index contributed by atoms with van der Waals surface area (Å²) in [7, 11) is -3.97. The van der Waals surface area contributed by atoms with E-state index in [4.69, 9.17) is 4.42 Å². The Morgan fingerprint density at radius 2 is 1.92 bits per heavy atom. The molecule has 0 radical (unpaired) electrons. The van der Waals surface area contributed by atoms with Gasteiger partial charge >= 0.3 is 5.76 Å². The number of aromatic amines is 1. The van der Waals surface area contributed by atoms with E-state index in [1.165, 1.54) is 24.3 Å². The topological polar surface area (TPSA) is 121 Å². The highest BCUT2D eigenvalue weighted by atomic mass is 32.2. The molecule has 26 heavy (non-hydrogen) atoms. The fourth-order valence-electron chi connectivity index (χ4n) is 2.56. The Morgan fingerprint density at radius 3 is 2.69 bits per heavy atom. The normalized spacial score (nSPS) is 14.3. The van der Waals surface area contributed by atoms with E-state index in [1.807, 2.05) is 0 Å². The van der Waals surface area contributed by atoms with Crippen LogP contribution in [0.15, 0.2) is 56.6 Å². The SMILES string of the molecule is O=C(NC1CC1)c1ccccc1NS(=O)(=O)c1ccc2[nH]c(=O)oc2c1. The van der Waals surface area contributed by atoms with Crippen molar-refractivity contribution in [2.24, 2.45) is 0 Å². The number of rotatable bonds is 5. The highest BCUT2D eigenvalue weighted by Gasteiger charge is 2.26. The summed E-state index contributed by atoms with van der Waals surface area (Å²) in [6, 6.07) is 10.6. The molecule has 1 amide bonds. The van der Waals surface area contributed by atoms with E-state index < -0.39 is 15.8 Å². The van der Waals surface area contributed by atoms with Crippen LogP contribution in [0.25, 0.3) is 11.1 Å². The molecule has 9 heteroatoms. The van der Waals surface area contributed by atoms with Gasteiger partial charge in [0.05, 0.1) is 21.7 Å². The first kappa shape index (κ1) is 16.4. The summed E-state index contributed by atoms with van der Waals surface area (Å²) in [5.41, 5.74) is 0.967. The summed E-state index contributed by atoms with van der Waals surface area (Å²) in [5, 5.41) is 2.84. The first-order chi connectivity index (χ1) is 12.4. The molecule has 1 aromatic heterocycles. The third-order valence-corrected chi connectivity index (χ3v) is 5.39. The van der Waals surface area contributed by atoms with E-state index in [0.717, 1.165) is 12.8 Å². The van der Waals surface area contributed by atoms with Crippen molar-refractivity contribution in [3.63, 3.8) is 0 Å². The van der Waals surface area contributed by atoms with E-state index in [-0.39, 0.29) is 33.7 Å². The van der Waals surface area contributed by atoms with E-state index in [0.29, 0.717) is 5.52 Å². The van der Waals surface area contributed by atoms with Crippen LogP contribution in [0.1, 0.15) is 23.2 Å². The summed E-state index contributed by atoms with van der Waals surface area (Å²) in [4.78, 5) is 25.9. The fourth-order valence-corrected chi connectivity index (χ4v) is 3.65. The summed E-state index contributed by atoms with van der Waals surface area (Å²) in [5.74, 6) is -0.984. The molecule has 0 atom stereocenters. The van der Waals surface area contributed by atoms with Crippen molar-refractivity contribution in [2.75, 3.05) is 4.72 Å². The molecule has 2 aromatic carbocycles. The monoisotopic (exact) mass is 373 g/mol. The number of aromatic nitrogens is 1. The second-order valence-electron chi connectivity index (χ2n) is 6.07. The number of sulfonamides is 1. The molecular weight excluding hydrogens is 358 g/mol. The lowest BCUT2D eigenvalue weighted by molar-refractivity contribution is 0.0952. The zero-order valence-electron chi connectivity index (χ0n) is 13.5. The third kappa shape index (κ3) is 3.21. The average molecular weight is 373 g/mol. The van der Waals surface area contributed by atoms with Gasteiger partial charge in [-0.1, -0.05) is 12.1 Å². The van der Waals surface area contributed by atoms with Crippen molar-refractivity contribution in [2.45, 2.75) is 23.8 Å². The van der Waals surface area contributed by atoms with Gasteiger partial charge in [0.2, 0.25) is 0 Å². The first-order valence-electron chi connectivity index (χ1n) is 7.98. The van der Waals surface area contributed by atoms with Gasteiger partial charge in [0, 0.05) is 12.1 Å². The van der Waals surface area contributed by atoms with Crippen molar-refractivity contribution in [3.05, 3.63) is 58.6 Å². The second-order valence-corrected chi connectivity index (χ2v) is 7.75. The number of hydrogen-bond donors (Lipinski definition) is 3. The van der Waals surface area contributed by atoms with E-state index in [1.54, 1.807) is 18.2 Å². The summed E-state index contributed by atoms with van der Waals surface area (Å²) in [6.45, 7) is 0. The minimum atomic E-state index is -3.97. The van der Waals surface area contributed by atoms with Gasteiger partial charge in [0.15, 0.2) is 5.58 Å². The maximum Gasteiger partial charge on any atom is 0.417 e. The quantitative estimate of drug-likeness (QED) is 0.630. The molecule has 0 unspecified atom stereocenters. The van der Waals surface area contributed by atoms with Gasteiger partial charge in [-0.2, -0.15) is 0 Å². The number of amides is 1. The summed E-state index contributed by atoms with van der Waals surface area (Å²) >= 11 is 0. The Balaban J connectivity index is 1.66. The molecule has 1 aliphatic carbocycles. The van der Waals surface area contributed by atoms with Crippen LogP contribution in [-0.4, -0.2) is 25.4 Å². The van der Waals surface area contributed by atoms with Crippen LogP contribution < -0.4 is 15.8 Å². The van der Waals surface area contributed by atoms with Gasteiger partial charge in [-0.05, 0) is 37.1 Å². The maximum atomic E-state index is 12.7. The number of hydrogen-bond acceptors (Lipinski definition) is 5. The number of H-pyrrole nitrogens is 1. The molecular formula is C17H15N3O5S. The van der Waals surface area contributed by atoms with E-state index in [9.17, 15) is 18.0 Å². The molecule has 3 aromatic rings. The molecule has 1 heterocycles. The molecule has 0 saturated heterocycles. The van der Waals surface area contributed by atoms with Gasteiger partial charge in [0.1, 0.15) is 0 Å². The standard InChI is InChI=1S/C17H15N3O5S/c21-16(18-10-5-6-10)12-3-1-2-4-13(12)20-26(23,24)11-7-8-14-15(9-11)25-17(22)19-14/h1-4,7-10,20H,5-6H2,(H,18,21)(H,19,22). The van der Waals surface area contributed by atoms with Crippen LogP contribution in [0.5, 0.6) is 0 Å². The van der Waals surface area contributed by atoms with Crippen LogP contribution in [0.4, 0.5) is 5.69 Å². The van der Waals surface area contributed by atoms with Crippen LogP contribution in [0.2, 0.25) is 0 Å². The highest BCUT2D eigenvalue weighted by Crippen LogP contribution is 2.24. The lowest BCUT2D eigenvalue weighted by atomic mass is 10.1. The third-order valence-electron chi connectivity index (χ3n) is 4.03. The Morgan fingerprint density at radius 1 is 1.15 bits per heavy atom. The van der Waals surface area contributed by atoms with Crippen LogP contribution >= 0.6 is 0 Å². The largest absolute Gasteiger partial charge is 0.417 e. The van der Waals surface area contributed by atoms with Crippen LogP contribution in [-0.2, 0) is 10.0 Å². The molecule has 3 N–H and O–H groups in total. The predicted molar refractivity (Wildman–Crippen MR) is 94.6 cm³/mol. The molecule has 0 spiro atoms. The number of carbonyl (C=O) groups is 1. The zero-order valence-corrected chi connectivity index (χ0v) is 14.3. The van der Waals surface area contributed by atoms with Gasteiger partial charge in [-0.3, -0.25) is 14.5 Å². The van der Waals surface area contributed by atoms with Gasteiger partial charge in [0.25, 0.3) is 15.9 Å². The van der Waals surface area contributed by atoms with Crippen molar-refractivity contribution >= 4 is 32.7 Å². The van der Waals surface area contributed by atoms with Crippen LogP contribution in [0, 0.1) is 0 Å². The van der Waals surface area contributed by atoms with Gasteiger partial charge < -0.3 is 9.73 Å². The number of carbonyl (C=O) groups excluding carboxylic acids is 1. The number of para-hydroxylation sites is 1. The Labute approximate surface area is 148 Å². The molecule has 4 rings (SSSR count). The van der Waals surface area contributed by atoms with Crippen LogP contribution in [0.3, 0.4) is 0 Å². The van der Waals surface area contributed by atoms with Crippen molar-refractivity contribution in [1.82, 2.24) is 10.3 Å². The molecule has 8 nitrogen and oxygen atoms in total. The van der Waals surface area contributed by atoms with Crippen molar-refractivity contribution < 1.29 is 17.6 Å². The molecule has 1 fully saturated rings. The Hall–Kier alpha value is -3.07. The average Bonchev–Trinajstić information content (AvgIpc) is 3.32. The van der Waals surface area contributed by atoms with Gasteiger partial charge in [-0.15, -0.1) is 0 Å². The molecule has 0 aliphatic heterocycles. The van der Waals surface area contributed by atoms with E-state index in [2.05, 4.69) is 15.0 Å². The number of nitrogens with one attached hydrogen (secondary N) is 3. The molecule has 0 bridgehead atoms. The first-order valence-corrected chi connectivity index (χ1v) is 9.46. The molecule has 134 valence electrons.